The standard InChI is InChI=1S/C11H15F2NO2/c1-14(4-5-15)7-11(16)8-2-3-9(12)10(13)6-8/h2-3,6,11,15-16H,4-5,7H2,1H3/t11-/m0/s1. The number of hydrogen-bond donors (Lipinski definition) is 2. The molecule has 0 bridgehead atoms. The maximum atomic E-state index is 12.9. The van der Waals surface area contributed by atoms with Crippen LogP contribution in [0.2, 0.25) is 0 Å². The first-order chi connectivity index (χ1) is 7.54. The number of likely N-dealkylation sites (N-methyl/N-ethyl adjacent to an activating group) is 1. The van der Waals surface area contributed by atoms with E-state index in [2.05, 4.69) is 0 Å². The molecule has 0 aromatic heterocycles. The van der Waals surface area contributed by atoms with Crippen LogP contribution in [0.4, 0.5) is 8.78 Å². The molecule has 1 atom stereocenters. The SMILES string of the molecule is CN(CCO)C[C@H](O)c1ccc(F)c(F)c1. The van der Waals surface area contributed by atoms with Crippen molar-refractivity contribution >= 4 is 0 Å². The molecule has 2 N–H and O–H groups in total. The minimum Gasteiger partial charge on any atom is -0.395 e. The molecule has 0 amide bonds. The Bertz CT molecular complexity index is 347. The van der Waals surface area contributed by atoms with Crippen molar-refractivity contribution in [2.45, 2.75) is 6.10 Å². The topological polar surface area (TPSA) is 43.7 Å². The molecule has 0 saturated carbocycles. The second kappa shape index (κ2) is 5.89. The van der Waals surface area contributed by atoms with E-state index >= 15 is 0 Å². The molecule has 0 saturated heterocycles. The lowest BCUT2D eigenvalue weighted by Gasteiger charge is -2.19. The van der Waals surface area contributed by atoms with E-state index in [0.717, 1.165) is 12.1 Å². The van der Waals surface area contributed by atoms with Crippen molar-refractivity contribution in [3.63, 3.8) is 0 Å². The minimum atomic E-state index is -0.971. The number of rotatable bonds is 5. The summed E-state index contributed by atoms with van der Waals surface area (Å²) in [5, 5.41) is 18.4. The zero-order valence-electron chi connectivity index (χ0n) is 9.03. The minimum absolute atomic E-state index is 0.0129. The van der Waals surface area contributed by atoms with Gasteiger partial charge >= 0.3 is 0 Å². The summed E-state index contributed by atoms with van der Waals surface area (Å²) in [6.45, 7) is 0.660. The van der Waals surface area contributed by atoms with Gasteiger partial charge in [-0.1, -0.05) is 6.07 Å². The molecule has 1 aromatic rings. The first kappa shape index (κ1) is 13.0. The monoisotopic (exact) mass is 231 g/mol. The van der Waals surface area contributed by atoms with Gasteiger partial charge in [0.1, 0.15) is 0 Å². The zero-order chi connectivity index (χ0) is 12.1. The van der Waals surface area contributed by atoms with Gasteiger partial charge in [-0.25, -0.2) is 8.78 Å². The number of aliphatic hydroxyl groups excluding tert-OH is 2. The third-order valence-corrected chi connectivity index (χ3v) is 2.29. The van der Waals surface area contributed by atoms with Gasteiger partial charge in [0.05, 0.1) is 12.7 Å². The number of hydrogen-bond acceptors (Lipinski definition) is 3. The number of benzene rings is 1. The summed E-state index contributed by atoms with van der Waals surface area (Å²) in [6.07, 6.45) is -0.897. The van der Waals surface area contributed by atoms with Gasteiger partial charge in [-0.2, -0.15) is 0 Å². The summed E-state index contributed by atoms with van der Waals surface area (Å²) in [5.41, 5.74) is 0.323. The fourth-order valence-corrected chi connectivity index (χ4v) is 1.38. The lowest BCUT2D eigenvalue weighted by molar-refractivity contribution is 0.114. The highest BCUT2D eigenvalue weighted by Crippen LogP contribution is 2.16. The average molecular weight is 231 g/mol. The van der Waals surface area contributed by atoms with Gasteiger partial charge in [-0.3, -0.25) is 0 Å². The lowest BCUT2D eigenvalue weighted by atomic mass is 10.1. The van der Waals surface area contributed by atoms with Crippen LogP contribution in [0.5, 0.6) is 0 Å². The molecule has 0 heterocycles. The van der Waals surface area contributed by atoms with Crippen LogP contribution in [-0.4, -0.2) is 41.9 Å². The predicted octanol–water partition coefficient (Wildman–Crippen LogP) is 0.922. The first-order valence-corrected chi connectivity index (χ1v) is 4.97. The van der Waals surface area contributed by atoms with Gasteiger partial charge in [0.2, 0.25) is 0 Å². The molecule has 3 nitrogen and oxygen atoms in total. The van der Waals surface area contributed by atoms with E-state index in [4.69, 9.17) is 5.11 Å². The summed E-state index contributed by atoms with van der Waals surface area (Å²) in [4.78, 5) is 1.70. The molecular formula is C11H15F2NO2. The van der Waals surface area contributed by atoms with Crippen molar-refractivity contribution in [2.75, 3.05) is 26.7 Å². The summed E-state index contributed by atoms with van der Waals surface area (Å²) in [5.74, 6) is -1.90. The Balaban J connectivity index is 2.65. The normalized spacial score (nSPS) is 13.1. The third kappa shape index (κ3) is 3.52. The summed E-state index contributed by atoms with van der Waals surface area (Å²) in [7, 11) is 1.72. The zero-order valence-corrected chi connectivity index (χ0v) is 9.03. The van der Waals surface area contributed by atoms with Gasteiger partial charge in [-0.05, 0) is 24.7 Å². The van der Waals surface area contributed by atoms with E-state index < -0.39 is 17.7 Å². The Morgan fingerprint density at radius 1 is 1.31 bits per heavy atom. The molecule has 0 radical (unpaired) electrons. The lowest BCUT2D eigenvalue weighted by Crippen LogP contribution is -2.27. The van der Waals surface area contributed by atoms with E-state index in [-0.39, 0.29) is 13.2 Å². The van der Waals surface area contributed by atoms with Crippen molar-refractivity contribution in [1.82, 2.24) is 4.90 Å². The van der Waals surface area contributed by atoms with Crippen molar-refractivity contribution in [3.05, 3.63) is 35.4 Å². The van der Waals surface area contributed by atoms with E-state index in [9.17, 15) is 13.9 Å². The van der Waals surface area contributed by atoms with Crippen LogP contribution in [0.15, 0.2) is 18.2 Å². The van der Waals surface area contributed by atoms with Crippen LogP contribution in [-0.2, 0) is 0 Å². The third-order valence-electron chi connectivity index (χ3n) is 2.29. The van der Waals surface area contributed by atoms with E-state index in [1.54, 1.807) is 11.9 Å². The summed E-state index contributed by atoms with van der Waals surface area (Å²) >= 11 is 0. The Kier molecular flexibility index (Phi) is 4.79. The molecule has 0 fully saturated rings. The highest BCUT2D eigenvalue weighted by molar-refractivity contribution is 5.20. The molecule has 0 spiro atoms. The van der Waals surface area contributed by atoms with E-state index in [1.807, 2.05) is 0 Å². The van der Waals surface area contributed by atoms with Crippen molar-refractivity contribution in [1.29, 1.82) is 0 Å². The molecule has 0 aliphatic rings. The number of nitrogens with zero attached hydrogens (tertiary/aromatic N) is 1. The van der Waals surface area contributed by atoms with Crippen molar-refractivity contribution in [2.24, 2.45) is 0 Å². The van der Waals surface area contributed by atoms with E-state index in [1.165, 1.54) is 6.07 Å². The second-order valence-electron chi connectivity index (χ2n) is 3.68. The Hall–Kier alpha value is -1.04. The fourth-order valence-electron chi connectivity index (χ4n) is 1.38. The molecule has 5 heteroatoms. The smallest absolute Gasteiger partial charge is 0.159 e. The molecule has 90 valence electrons. The quantitative estimate of drug-likeness (QED) is 0.792. The highest BCUT2D eigenvalue weighted by Gasteiger charge is 2.12. The molecule has 0 unspecified atom stereocenters. The highest BCUT2D eigenvalue weighted by atomic mass is 19.2. The second-order valence-corrected chi connectivity index (χ2v) is 3.68. The molecule has 0 aliphatic heterocycles. The maximum absolute atomic E-state index is 12.9. The molecule has 0 aliphatic carbocycles. The molecule has 16 heavy (non-hydrogen) atoms. The largest absolute Gasteiger partial charge is 0.395 e. The summed E-state index contributed by atoms with van der Waals surface area (Å²) in [6, 6.07) is 3.31. The van der Waals surface area contributed by atoms with Crippen molar-refractivity contribution < 1.29 is 19.0 Å². The van der Waals surface area contributed by atoms with Crippen LogP contribution in [0.3, 0.4) is 0 Å². The average Bonchev–Trinajstić information content (AvgIpc) is 2.22. The first-order valence-electron chi connectivity index (χ1n) is 4.97. The van der Waals surface area contributed by atoms with Gasteiger partial charge in [0, 0.05) is 13.1 Å². The number of halogens is 2. The van der Waals surface area contributed by atoms with E-state index in [0.29, 0.717) is 12.1 Å². The van der Waals surface area contributed by atoms with Gasteiger partial charge < -0.3 is 15.1 Å². The Labute approximate surface area is 92.9 Å². The van der Waals surface area contributed by atoms with Gasteiger partial charge in [0.15, 0.2) is 11.6 Å². The van der Waals surface area contributed by atoms with Crippen LogP contribution < -0.4 is 0 Å². The Morgan fingerprint density at radius 2 is 2.00 bits per heavy atom. The fraction of sp³-hybridized carbons (Fsp3) is 0.455. The van der Waals surface area contributed by atoms with Crippen LogP contribution >= 0.6 is 0 Å². The predicted molar refractivity (Wildman–Crippen MR) is 55.9 cm³/mol. The van der Waals surface area contributed by atoms with Gasteiger partial charge in [-0.15, -0.1) is 0 Å². The van der Waals surface area contributed by atoms with Crippen LogP contribution in [0, 0.1) is 11.6 Å². The van der Waals surface area contributed by atoms with Crippen molar-refractivity contribution in [3.8, 4) is 0 Å². The van der Waals surface area contributed by atoms with Gasteiger partial charge in [0.25, 0.3) is 0 Å². The Morgan fingerprint density at radius 3 is 2.56 bits per heavy atom. The summed E-state index contributed by atoms with van der Waals surface area (Å²) < 4.78 is 25.5. The molecular weight excluding hydrogens is 216 g/mol. The maximum Gasteiger partial charge on any atom is 0.159 e. The number of aliphatic hydroxyl groups is 2. The van der Waals surface area contributed by atoms with Crippen LogP contribution in [0.25, 0.3) is 0 Å². The molecule has 1 rings (SSSR count). The molecule has 1 aromatic carbocycles. The van der Waals surface area contributed by atoms with Crippen LogP contribution in [0.1, 0.15) is 11.7 Å².